The van der Waals surface area contributed by atoms with Crippen LogP contribution in [-0.4, -0.2) is 30.2 Å². The Morgan fingerprint density at radius 3 is 2.72 bits per heavy atom. The highest BCUT2D eigenvalue weighted by molar-refractivity contribution is 8.00. The van der Waals surface area contributed by atoms with Crippen LogP contribution in [-0.2, 0) is 16.0 Å². The van der Waals surface area contributed by atoms with Crippen molar-refractivity contribution >= 4 is 35.0 Å². The first-order chi connectivity index (χ1) is 12.1. The molecule has 5 nitrogen and oxygen atoms in total. The van der Waals surface area contributed by atoms with E-state index in [1.807, 2.05) is 54.3 Å². The number of hydrogen-bond acceptors (Lipinski definition) is 4. The Labute approximate surface area is 151 Å². The molecule has 0 aliphatic carbocycles. The lowest BCUT2D eigenvalue weighted by Crippen LogP contribution is -2.40. The van der Waals surface area contributed by atoms with Crippen LogP contribution in [0.1, 0.15) is 12.5 Å². The van der Waals surface area contributed by atoms with E-state index in [0.29, 0.717) is 6.54 Å². The lowest BCUT2D eigenvalue weighted by molar-refractivity contribution is -0.119. The van der Waals surface area contributed by atoms with Crippen molar-refractivity contribution in [3.63, 3.8) is 0 Å². The zero-order chi connectivity index (χ0) is 17.8. The predicted octanol–water partition coefficient (Wildman–Crippen LogP) is 2.65. The van der Waals surface area contributed by atoms with Crippen LogP contribution in [0, 0.1) is 0 Å². The highest BCUT2D eigenvalue weighted by Crippen LogP contribution is 2.30. The minimum absolute atomic E-state index is 0.0413. The third-order valence-corrected chi connectivity index (χ3v) is 5.25. The molecule has 0 spiro atoms. The van der Waals surface area contributed by atoms with E-state index in [1.165, 1.54) is 17.3 Å². The van der Waals surface area contributed by atoms with E-state index in [4.69, 9.17) is 5.73 Å². The number of para-hydroxylation sites is 2. The molecule has 2 aromatic carbocycles. The number of carbonyl (C=O) groups is 2. The molecule has 0 radical (unpaired) electrons. The van der Waals surface area contributed by atoms with Gasteiger partial charge in [0.1, 0.15) is 6.04 Å². The average Bonchev–Trinajstić information content (AvgIpc) is 3.04. The molecule has 1 aliphatic rings. The molecule has 1 heterocycles. The largest absolute Gasteiger partial charge is 0.373 e. The number of primary amides is 1. The third-order valence-electron chi connectivity index (χ3n) is 4.15. The summed E-state index contributed by atoms with van der Waals surface area (Å²) in [7, 11) is 0. The summed E-state index contributed by atoms with van der Waals surface area (Å²) in [5.41, 5.74) is 8.27. The summed E-state index contributed by atoms with van der Waals surface area (Å²) in [5, 5.41) is 3.28. The SMILES string of the molecule is C[C@@H](Nc1ccccc1SCC(N)=O)C(=O)N1CCc2ccccc21. The Hall–Kier alpha value is -2.47. The molecular weight excluding hydrogens is 334 g/mol. The van der Waals surface area contributed by atoms with Crippen LogP contribution in [0.4, 0.5) is 11.4 Å². The number of anilines is 2. The Morgan fingerprint density at radius 1 is 1.20 bits per heavy atom. The van der Waals surface area contributed by atoms with Gasteiger partial charge in [-0.25, -0.2) is 0 Å². The fourth-order valence-corrected chi connectivity index (χ4v) is 3.71. The van der Waals surface area contributed by atoms with Gasteiger partial charge >= 0.3 is 0 Å². The molecule has 1 aliphatic heterocycles. The zero-order valence-electron chi connectivity index (χ0n) is 14.1. The highest BCUT2D eigenvalue weighted by Gasteiger charge is 2.27. The fourth-order valence-electron chi connectivity index (χ4n) is 2.96. The molecule has 0 saturated heterocycles. The molecule has 2 aromatic rings. The van der Waals surface area contributed by atoms with E-state index >= 15 is 0 Å². The molecule has 0 bridgehead atoms. The molecule has 3 N–H and O–H groups in total. The second kappa shape index (κ2) is 7.61. The van der Waals surface area contributed by atoms with Gasteiger partial charge in [0.2, 0.25) is 11.8 Å². The minimum atomic E-state index is -0.374. The van der Waals surface area contributed by atoms with Gasteiger partial charge in [0.25, 0.3) is 0 Å². The van der Waals surface area contributed by atoms with Gasteiger partial charge in [0.05, 0.1) is 5.75 Å². The van der Waals surface area contributed by atoms with Gasteiger partial charge in [0.15, 0.2) is 0 Å². The van der Waals surface area contributed by atoms with Crippen molar-refractivity contribution < 1.29 is 9.59 Å². The second-order valence-electron chi connectivity index (χ2n) is 5.99. The maximum atomic E-state index is 12.9. The lowest BCUT2D eigenvalue weighted by Gasteiger charge is -2.24. The van der Waals surface area contributed by atoms with Crippen molar-refractivity contribution in [3.8, 4) is 0 Å². The minimum Gasteiger partial charge on any atom is -0.373 e. The number of fused-ring (bicyclic) bond motifs is 1. The fraction of sp³-hybridized carbons (Fsp3) is 0.263. The first kappa shape index (κ1) is 17.4. The summed E-state index contributed by atoms with van der Waals surface area (Å²) in [6, 6.07) is 15.3. The highest BCUT2D eigenvalue weighted by atomic mass is 32.2. The number of thioether (sulfide) groups is 1. The maximum Gasteiger partial charge on any atom is 0.249 e. The summed E-state index contributed by atoms with van der Waals surface area (Å²) >= 11 is 1.37. The normalized spacial score (nSPS) is 14.0. The van der Waals surface area contributed by atoms with E-state index in [-0.39, 0.29) is 23.6 Å². The van der Waals surface area contributed by atoms with E-state index in [1.54, 1.807) is 0 Å². The molecule has 0 aromatic heterocycles. The zero-order valence-corrected chi connectivity index (χ0v) is 14.9. The Balaban J connectivity index is 1.72. The van der Waals surface area contributed by atoms with Crippen LogP contribution in [0.5, 0.6) is 0 Å². The number of carbonyl (C=O) groups excluding carboxylic acids is 2. The number of nitrogens with zero attached hydrogens (tertiary/aromatic N) is 1. The van der Waals surface area contributed by atoms with E-state index < -0.39 is 0 Å². The van der Waals surface area contributed by atoms with E-state index in [0.717, 1.165) is 22.7 Å². The number of hydrogen-bond donors (Lipinski definition) is 2. The molecule has 0 saturated carbocycles. The summed E-state index contributed by atoms with van der Waals surface area (Å²) in [5.74, 6) is -0.113. The summed E-state index contributed by atoms with van der Waals surface area (Å²) < 4.78 is 0. The van der Waals surface area contributed by atoms with Crippen LogP contribution < -0.4 is 16.0 Å². The van der Waals surface area contributed by atoms with Crippen molar-refractivity contribution in [3.05, 3.63) is 54.1 Å². The molecule has 130 valence electrons. The first-order valence-electron chi connectivity index (χ1n) is 8.22. The molecule has 6 heteroatoms. The Kier molecular flexibility index (Phi) is 5.28. The van der Waals surface area contributed by atoms with Gasteiger partial charge < -0.3 is 16.0 Å². The number of nitrogens with one attached hydrogen (secondary N) is 1. The quantitative estimate of drug-likeness (QED) is 0.781. The average molecular weight is 355 g/mol. The summed E-state index contributed by atoms with van der Waals surface area (Å²) in [6.45, 7) is 2.57. The third kappa shape index (κ3) is 3.96. The summed E-state index contributed by atoms with van der Waals surface area (Å²) in [4.78, 5) is 26.6. The van der Waals surface area contributed by atoms with Crippen LogP contribution in [0.15, 0.2) is 53.4 Å². The smallest absolute Gasteiger partial charge is 0.249 e. The first-order valence-corrected chi connectivity index (χ1v) is 9.21. The van der Waals surface area contributed by atoms with E-state index in [2.05, 4.69) is 11.4 Å². The Bertz CT molecular complexity index is 794. The van der Waals surface area contributed by atoms with Crippen molar-refractivity contribution in [2.75, 3.05) is 22.5 Å². The standard InChI is InChI=1S/C19H21N3O2S/c1-13(19(24)22-11-10-14-6-2-4-8-16(14)22)21-15-7-3-5-9-17(15)25-12-18(20)23/h2-9,13,21H,10-12H2,1H3,(H2,20,23)/t13-/m1/s1. The molecule has 2 amide bonds. The van der Waals surface area contributed by atoms with Crippen LogP contribution in [0.2, 0.25) is 0 Å². The number of amides is 2. The molecule has 3 rings (SSSR count). The van der Waals surface area contributed by atoms with Crippen LogP contribution in [0.25, 0.3) is 0 Å². The number of rotatable bonds is 6. The second-order valence-corrected chi connectivity index (χ2v) is 7.00. The van der Waals surface area contributed by atoms with Crippen molar-refractivity contribution in [1.29, 1.82) is 0 Å². The summed E-state index contributed by atoms with van der Waals surface area (Å²) in [6.07, 6.45) is 0.889. The lowest BCUT2D eigenvalue weighted by atomic mass is 10.2. The molecule has 0 unspecified atom stereocenters. The van der Waals surface area contributed by atoms with Gasteiger partial charge in [-0.15, -0.1) is 11.8 Å². The predicted molar refractivity (Wildman–Crippen MR) is 102 cm³/mol. The van der Waals surface area contributed by atoms with Gasteiger partial charge in [-0.1, -0.05) is 30.3 Å². The number of benzene rings is 2. The van der Waals surface area contributed by atoms with Gasteiger partial charge in [-0.2, -0.15) is 0 Å². The molecule has 0 fully saturated rings. The number of nitrogens with two attached hydrogens (primary N) is 1. The topological polar surface area (TPSA) is 75.4 Å². The van der Waals surface area contributed by atoms with Crippen molar-refractivity contribution in [2.45, 2.75) is 24.3 Å². The molecular formula is C19H21N3O2S. The Morgan fingerprint density at radius 2 is 1.92 bits per heavy atom. The van der Waals surface area contributed by atoms with Crippen LogP contribution in [0.3, 0.4) is 0 Å². The van der Waals surface area contributed by atoms with Gasteiger partial charge in [-0.05, 0) is 37.1 Å². The van der Waals surface area contributed by atoms with E-state index in [9.17, 15) is 9.59 Å². The molecule has 1 atom stereocenters. The van der Waals surface area contributed by atoms with Gasteiger partial charge in [0, 0.05) is 22.8 Å². The maximum absolute atomic E-state index is 12.9. The van der Waals surface area contributed by atoms with Gasteiger partial charge in [-0.3, -0.25) is 9.59 Å². The monoisotopic (exact) mass is 355 g/mol. The van der Waals surface area contributed by atoms with Crippen molar-refractivity contribution in [2.24, 2.45) is 5.73 Å². The molecule has 25 heavy (non-hydrogen) atoms. The van der Waals surface area contributed by atoms with Crippen LogP contribution >= 0.6 is 11.8 Å². The van der Waals surface area contributed by atoms with Crippen molar-refractivity contribution in [1.82, 2.24) is 0 Å².